The lowest BCUT2D eigenvalue weighted by molar-refractivity contribution is 0.195. The van der Waals surface area contributed by atoms with E-state index in [0.29, 0.717) is 6.04 Å². The van der Waals surface area contributed by atoms with Crippen molar-refractivity contribution in [3.05, 3.63) is 35.7 Å². The Morgan fingerprint density at radius 2 is 2.17 bits per heavy atom. The lowest BCUT2D eigenvalue weighted by atomic mass is 10.1. The van der Waals surface area contributed by atoms with Gasteiger partial charge < -0.3 is 9.42 Å². The molecule has 0 saturated carbocycles. The van der Waals surface area contributed by atoms with Crippen LogP contribution in [0.4, 0.5) is 5.82 Å². The number of likely N-dealkylation sites (N-methyl/N-ethyl adjacent to an activating group) is 1. The molecule has 0 bridgehead atoms. The molecule has 1 fully saturated rings. The van der Waals surface area contributed by atoms with Crippen LogP contribution in [0.1, 0.15) is 17.0 Å². The lowest BCUT2D eigenvalue weighted by Crippen LogP contribution is -2.58. The summed E-state index contributed by atoms with van der Waals surface area (Å²) in [7, 11) is 2.14. The van der Waals surface area contributed by atoms with Crippen LogP contribution in [0.3, 0.4) is 0 Å². The highest BCUT2D eigenvalue weighted by molar-refractivity contribution is 5.64. The van der Waals surface area contributed by atoms with Crippen molar-refractivity contribution in [3.63, 3.8) is 0 Å². The molecule has 0 aromatic carbocycles. The van der Waals surface area contributed by atoms with Gasteiger partial charge in [-0.2, -0.15) is 0 Å². The van der Waals surface area contributed by atoms with Gasteiger partial charge in [-0.05, 0) is 20.9 Å². The van der Waals surface area contributed by atoms with E-state index in [1.807, 2.05) is 24.4 Å². The molecular formula is C15H19N7O. The van der Waals surface area contributed by atoms with Gasteiger partial charge in [-0.3, -0.25) is 9.30 Å². The van der Waals surface area contributed by atoms with Crippen molar-refractivity contribution in [1.29, 1.82) is 0 Å². The Labute approximate surface area is 133 Å². The third-order valence-electron chi connectivity index (χ3n) is 4.57. The molecule has 8 heteroatoms. The van der Waals surface area contributed by atoms with Crippen molar-refractivity contribution in [1.82, 2.24) is 29.6 Å². The summed E-state index contributed by atoms with van der Waals surface area (Å²) in [6.45, 7) is 6.66. The number of hydrogen-bond acceptors (Lipinski definition) is 7. The van der Waals surface area contributed by atoms with Crippen molar-refractivity contribution in [2.24, 2.45) is 0 Å². The van der Waals surface area contributed by atoms with Gasteiger partial charge >= 0.3 is 0 Å². The Balaban J connectivity index is 1.44. The van der Waals surface area contributed by atoms with Gasteiger partial charge in [0.25, 0.3) is 0 Å². The van der Waals surface area contributed by atoms with Gasteiger partial charge in [-0.1, -0.05) is 5.16 Å². The average Bonchev–Trinajstić information content (AvgIpc) is 3.08. The van der Waals surface area contributed by atoms with Crippen LogP contribution in [-0.2, 0) is 6.54 Å². The molecule has 0 aliphatic carbocycles. The predicted molar refractivity (Wildman–Crippen MR) is 84.2 cm³/mol. The standard InChI is InChI=1S/C15H19N7O/c1-10-13(11(2)23-19-10)8-20(3)12-6-22(7-12)14-15-18-17-9-21(15)5-4-16-14/h4-5,9,12H,6-8H2,1-3H3. The van der Waals surface area contributed by atoms with Gasteiger partial charge in [0.05, 0.1) is 5.69 Å². The van der Waals surface area contributed by atoms with Crippen LogP contribution < -0.4 is 4.90 Å². The summed E-state index contributed by atoms with van der Waals surface area (Å²) in [6.07, 6.45) is 5.34. The van der Waals surface area contributed by atoms with Gasteiger partial charge in [-0.15, -0.1) is 10.2 Å². The molecular weight excluding hydrogens is 294 g/mol. The van der Waals surface area contributed by atoms with Gasteiger partial charge in [0, 0.05) is 43.6 Å². The molecule has 4 heterocycles. The normalized spacial score (nSPS) is 15.6. The van der Waals surface area contributed by atoms with E-state index in [2.05, 4.69) is 37.2 Å². The number of rotatable bonds is 4. The Hall–Kier alpha value is -2.48. The van der Waals surface area contributed by atoms with E-state index >= 15 is 0 Å². The van der Waals surface area contributed by atoms with Gasteiger partial charge in [0.2, 0.25) is 5.65 Å². The molecule has 23 heavy (non-hydrogen) atoms. The average molecular weight is 313 g/mol. The molecule has 0 atom stereocenters. The van der Waals surface area contributed by atoms with Crippen LogP contribution in [0, 0.1) is 13.8 Å². The van der Waals surface area contributed by atoms with Crippen molar-refractivity contribution in [3.8, 4) is 0 Å². The zero-order valence-electron chi connectivity index (χ0n) is 13.5. The second-order valence-electron chi connectivity index (χ2n) is 6.09. The molecule has 3 aromatic rings. The molecule has 0 radical (unpaired) electrons. The highest BCUT2D eigenvalue weighted by atomic mass is 16.5. The fourth-order valence-corrected chi connectivity index (χ4v) is 2.98. The molecule has 0 N–H and O–H groups in total. The van der Waals surface area contributed by atoms with E-state index in [1.165, 1.54) is 5.56 Å². The molecule has 1 saturated heterocycles. The molecule has 1 aliphatic rings. The Kier molecular flexibility index (Phi) is 3.26. The molecule has 0 amide bonds. The van der Waals surface area contributed by atoms with E-state index in [-0.39, 0.29) is 0 Å². The second kappa shape index (κ2) is 5.31. The van der Waals surface area contributed by atoms with Crippen molar-refractivity contribution in [2.75, 3.05) is 25.0 Å². The van der Waals surface area contributed by atoms with Crippen molar-refractivity contribution < 1.29 is 4.52 Å². The van der Waals surface area contributed by atoms with Crippen LogP contribution in [-0.4, -0.2) is 55.8 Å². The first-order valence-corrected chi connectivity index (χ1v) is 7.65. The monoisotopic (exact) mass is 313 g/mol. The smallest absolute Gasteiger partial charge is 0.203 e. The number of fused-ring (bicyclic) bond motifs is 1. The van der Waals surface area contributed by atoms with E-state index in [9.17, 15) is 0 Å². The highest BCUT2D eigenvalue weighted by Gasteiger charge is 2.33. The summed E-state index contributed by atoms with van der Waals surface area (Å²) in [5, 5.41) is 12.1. The minimum absolute atomic E-state index is 0.480. The number of nitrogens with zero attached hydrogens (tertiary/aromatic N) is 7. The topological polar surface area (TPSA) is 75.6 Å². The maximum Gasteiger partial charge on any atom is 0.203 e. The molecule has 3 aromatic heterocycles. The summed E-state index contributed by atoms with van der Waals surface area (Å²) < 4.78 is 7.13. The van der Waals surface area contributed by atoms with Crippen molar-refractivity contribution in [2.45, 2.75) is 26.4 Å². The third-order valence-corrected chi connectivity index (χ3v) is 4.57. The van der Waals surface area contributed by atoms with Gasteiger partial charge in [0.15, 0.2) is 5.82 Å². The first-order chi connectivity index (χ1) is 11.1. The highest BCUT2D eigenvalue weighted by Crippen LogP contribution is 2.25. The van der Waals surface area contributed by atoms with E-state index < -0.39 is 0 Å². The lowest BCUT2D eigenvalue weighted by Gasteiger charge is -2.44. The Bertz CT molecular complexity index is 814. The molecule has 120 valence electrons. The number of anilines is 1. The van der Waals surface area contributed by atoms with Crippen LogP contribution >= 0.6 is 0 Å². The molecule has 8 nitrogen and oxygen atoms in total. The summed E-state index contributed by atoms with van der Waals surface area (Å²) in [5.41, 5.74) is 2.96. The van der Waals surface area contributed by atoms with Crippen LogP contribution in [0.5, 0.6) is 0 Å². The summed E-state index contributed by atoms with van der Waals surface area (Å²) in [6, 6.07) is 0.480. The number of hydrogen-bond donors (Lipinski definition) is 0. The predicted octanol–water partition coefficient (Wildman–Crippen LogP) is 1.05. The van der Waals surface area contributed by atoms with Gasteiger partial charge in [-0.25, -0.2) is 4.98 Å². The maximum atomic E-state index is 5.24. The summed E-state index contributed by atoms with van der Waals surface area (Å²) in [5.74, 6) is 1.80. The fourth-order valence-electron chi connectivity index (χ4n) is 2.98. The second-order valence-corrected chi connectivity index (χ2v) is 6.09. The number of aromatic nitrogens is 5. The molecule has 4 rings (SSSR count). The summed E-state index contributed by atoms with van der Waals surface area (Å²) >= 11 is 0. The largest absolute Gasteiger partial charge is 0.361 e. The Morgan fingerprint density at radius 1 is 1.35 bits per heavy atom. The number of aryl methyl sites for hydroxylation is 2. The molecule has 0 spiro atoms. The zero-order chi connectivity index (χ0) is 16.0. The van der Waals surface area contributed by atoms with E-state index in [0.717, 1.165) is 42.6 Å². The maximum absolute atomic E-state index is 5.24. The minimum atomic E-state index is 0.480. The SMILES string of the molecule is Cc1noc(C)c1CN(C)C1CN(c2nccn3cnnc23)C1. The van der Waals surface area contributed by atoms with Crippen molar-refractivity contribution >= 4 is 11.5 Å². The minimum Gasteiger partial charge on any atom is -0.361 e. The zero-order valence-corrected chi connectivity index (χ0v) is 13.5. The first kappa shape index (κ1) is 14.1. The van der Waals surface area contributed by atoms with Crippen LogP contribution in [0.15, 0.2) is 23.2 Å². The van der Waals surface area contributed by atoms with Crippen LogP contribution in [0.25, 0.3) is 5.65 Å². The Morgan fingerprint density at radius 3 is 2.91 bits per heavy atom. The molecule has 0 unspecified atom stereocenters. The molecule has 1 aliphatic heterocycles. The third kappa shape index (κ3) is 2.35. The van der Waals surface area contributed by atoms with Gasteiger partial charge in [0.1, 0.15) is 12.1 Å². The summed E-state index contributed by atoms with van der Waals surface area (Å²) in [4.78, 5) is 9.03. The quantitative estimate of drug-likeness (QED) is 0.712. The van der Waals surface area contributed by atoms with E-state index in [1.54, 1.807) is 12.5 Å². The fraction of sp³-hybridized carbons (Fsp3) is 0.467. The first-order valence-electron chi connectivity index (χ1n) is 7.65. The van der Waals surface area contributed by atoms with Crippen LogP contribution in [0.2, 0.25) is 0 Å². The van der Waals surface area contributed by atoms with E-state index in [4.69, 9.17) is 4.52 Å².